The van der Waals surface area contributed by atoms with Crippen molar-refractivity contribution >= 4 is 22.9 Å². The largest absolute Gasteiger partial charge is 0.235 e. The summed E-state index contributed by atoms with van der Waals surface area (Å²) in [5.74, 6) is -0.628. The maximum atomic E-state index is 13.6. The Balaban J connectivity index is 3.02. The van der Waals surface area contributed by atoms with Crippen molar-refractivity contribution in [3.05, 3.63) is 41.0 Å². The highest BCUT2D eigenvalue weighted by Gasteiger charge is 2.18. The van der Waals surface area contributed by atoms with E-state index in [2.05, 4.69) is 9.24 Å². The predicted octanol–water partition coefficient (Wildman–Crippen LogP) is 3.26. The first kappa shape index (κ1) is 13.5. The van der Waals surface area contributed by atoms with Crippen molar-refractivity contribution in [3.63, 3.8) is 0 Å². The number of benzene rings is 1. The lowest BCUT2D eigenvalue weighted by molar-refractivity contribution is 0.632. The summed E-state index contributed by atoms with van der Waals surface area (Å²) in [7, 11) is -1.43. The maximum absolute atomic E-state index is 13.6. The van der Waals surface area contributed by atoms with E-state index >= 15 is 0 Å². The molecule has 0 heterocycles. The molecule has 0 aliphatic carbocycles. The quantitative estimate of drug-likeness (QED) is 0.587. The highest BCUT2D eigenvalue weighted by molar-refractivity contribution is 7.85. The van der Waals surface area contributed by atoms with E-state index in [0.717, 1.165) is 0 Å². The number of nitrogens with zero attached hydrogens (tertiary/aromatic N) is 2. The molecule has 1 aromatic rings. The van der Waals surface area contributed by atoms with Crippen LogP contribution in [0, 0.1) is 12.4 Å². The molecule has 5 heteroatoms. The summed E-state index contributed by atoms with van der Waals surface area (Å²) < 4.78 is 28.6. The van der Waals surface area contributed by atoms with Crippen LogP contribution in [0.2, 0.25) is 0 Å². The molecule has 0 amide bonds. The predicted molar refractivity (Wildman–Crippen MR) is 68.2 cm³/mol. The monoisotopic (exact) mass is 252 g/mol. The average molecular weight is 252 g/mol. The van der Waals surface area contributed by atoms with Crippen molar-refractivity contribution in [1.29, 1.82) is 0 Å². The van der Waals surface area contributed by atoms with E-state index in [1.165, 1.54) is 18.3 Å². The second-order valence-electron chi connectivity index (χ2n) is 4.39. The molecule has 90 valence electrons. The van der Waals surface area contributed by atoms with E-state index in [0.29, 0.717) is 0 Å². The van der Waals surface area contributed by atoms with Crippen LogP contribution < -0.4 is 0 Å². The van der Waals surface area contributed by atoms with E-state index in [1.807, 2.05) is 0 Å². The van der Waals surface area contributed by atoms with Gasteiger partial charge in [0.15, 0.2) is 0 Å². The van der Waals surface area contributed by atoms with Crippen LogP contribution in [0.25, 0.3) is 4.85 Å². The standard InChI is InChI=1S/C12H13FN2OS/c1-12(2,3)17(16)15-8-9-6-5-7-10(14-4)11(9)13/h5-8H,1-3H3/t17-/m0/s1. The van der Waals surface area contributed by atoms with Gasteiger partial charge in [-0.1, -0.05) is 18.2 Å². The Labute approximate surface area is 103 Å². The lowest BCUT2D eigenvalue weighted by Crippen LogP contribution is -2.19. The third-order valence-corrected chi connectivity index (χ3v) is 3.28. The SMILES string of the molecule is [C-]#[N+]c1cccc(C=N[S@@](=O)C(C)(C)C)c1F. The molecular weight excluding hydrogens is 239 g/mol. The molecule has 17 heavy (non-hydrogen) atoms. The summed E-state index contributed by atoms with van der Waals surface area (Å²) in [6.07, 6.45) is 1.21. The van der Waals surface area contributed by atoms with Crippen LogP contribution in [-0.2, 0) is 11.0 Å². The van der Waals surface area contributed by atoms with Gasteiger partial charge in [0, 0.05) is 11.8 Å². The first-order valence-corrected chi connectivity index (χ1v) is 6.09. The van der Waals surface area contributed by atoms with E-state index in [4.69, 9.17) is 6.57 Å². The minimum absolute atomic E-state index is 0.0597. The van der Waals surface area contributed by atoms with E-state index < -0.39 is 21.5 Å². The molecule has 0 saturated carbocycles. The summed E-state index contributed by atoms with van der Waals surface area (Å²) in [5.41, 5.74) is 0.117. The van der Waals surface area contributed by atoms with Gasteiger partial charge in [0.25, 0.3) is 0 Å². The Hall–Kier alpha value is -1.54. The van der Waals surface area contributed by atoms with Crippen LogP contribution in [0.4, 0.5) is 10.1 Å². The van der Waals surface area contributed by atoms with Gasteiger partial charge in [-0.15, -0.1) is 0 Å². The molecule has 0 bridgehead atoms. The van der Waals surface area contributed by atoms with Crippen LogP contribution in [-0.4, -0.2) is 15.2 Å². The summed E-state index contributed by atoms with van der Waals surface area (Å²) >= 11 is 0. The third kappa shape index (κ3) is 3.46. The molecule has 3 nitrogen and oxygen atoms in total. The van der Waals surface area contributed by atoms with Gasteiger partial charge in [-0.05, 0) is 20.8 Å². The molecule has 0 unspecified atom stereocenters. The second-order valence-corrected chi connectivity index (χ2v) is 6.32. The smallest absolute Gasteiger partial charge is 0.222 e. The molecule has 0 saturated heterocycles. The molecule has 1 rings (SSSR count). The summed E-state index contributed by atoms with van der Waals surface area (Å²) in [5, 5.41) is 0. The molecule has 0 N–H and O–H groups in total. The minimum atomic E-state index is -1.43. The molecule has 1 aromatic carbocycles. The van der Waals surface area contributed by atoms with E-state index in [1.54, 1.807) is 26.8 Å². The van der Waals surface area contributed by atoms with Crippen LogP contribution in [0.3, 0.4) is 0 Å². The van der Waals surface area contributed by atoms with Crippen molar-refractivity contribution < 1.29 is 8.60 Å². The van der Waals surface area contributed by atoms with Crippen molar-refractivity contribution in [2.45, 2.75) is 25.5 Å². The molecule has 0 aromatic heterocycles. The number of hydrogen-bond donors (Lipinski definition) is 0. The van der Waals surface area contributed by atoms with Gasteiger partial charge in [0.1, 0.15) is 16.8 Å². The van der Waals surface area contributed by atoms with Crippen molar-refractivity contribution in [2.75, 3.05) is 0 Å². The zero-order chi connectivity index (χ0) is 13.1. The summed E-state index contributed by atoms with van der Waals surface area (Å²) in [6, 6.07) is 4.45. The Bertz CT molecular complexity index is 512. The van der Waals surface area contributed by atoms with Gasteiger partial charge in [-0.2, -0.15) is 4.40 Å². The maximum Gasteiger partial charge on any atom is 0.222 e. The summed E-state index contributed by atoms with van der Waals surface area (Å²) in [6.45, 7) is 12.1. The van der Waals surface area contributed by atoms with Crippen LogP contribution in [0.15, 0.2) is 22.6 Å². The van der Waals surface area contributed by atoms with Crippen LogP contribution in [0.1, 0.15) is 26.3 Å². The van der Waals surface area contributed by atoms with Gasteiger partial charge in [0.05, 0.1) is 11.3 Å². The first-order valence-electron chi connectivity index (χ1n) is 4.98. The highest BCUT2D eigenvalue weighted by atomic mass is 32.2. The summed E-state index contributed by atoms with van der Waals surface area (Å²) in [4.78, 5) is 3.04. The number of hydrogen-bond acceptors (Lipinski definition) is 1. The normalized spacial score (nSPS) is 13.6. The van der Waals surface area contributed by atoms with Crippen LogP contribution >= 0.6 is 0 Å². The average Bonchev–Trinajstić information content (AvgIpc) is 2.26. The van der Waals surface area contributed by atoms with Crippen LogP contribution in [0.5, 0.6) is 0 Å². The van der Waals surface area contributed by atoms with E-state index in [-0.39, 0.29) is 11.3 Å². The molecule has 0 radical (unpaired) electrons. The Kier molecular flexibility index (Phi) is 4.13. The van der Waals surface area contributed by atoms with Gasteiger partial charge in [-0.3, -0.25) is 0 Å². The Morgan fingerprint density at radius 3 is 2.65 bits per heavy atom. The Morgan fingerprint density at radius 2 is 2.12 bits per heavy atom. The number of rotatable bonds is 2. The van der Waals surface area contributed by atoms with Crippen molar-refractivity contribution in [2.24, 2.45) is 4.40 Å². The molecule has 0 aliphatic heterocycles. The molecule has 0 aliphatic rings. The molecular formula is C12H13FN2OS. The topological polar surface area (TPSA) is 33.8 Å². The van der Waals surface area contributed by atoms with Gasteiger partial charge >= 0.3 is 0 Å². The minimum Gasteiger partial charge on any atom is -0.235 e. The third-order valence-electron chi connectivity index (χ3n) is 1.94. The first-order chi connectivity index (χ1) is 7.86. The van der Waals surface area contributed by atoms with E-state index in [9.17, 15) is 8.60 Å². The molecule has 1 atom stereocenters. The highest BCUT2D eigenvalue weighted by Crippen LogP contribution is 2.20. The Morgan fingerprint density at radius 1 is 1.47 bits per heavy atom. The lowest BCUT2D eigenvalue weighted by Gasteiger charge is -2.12. The van der Waals surface area contributed by atoms with Gasteiger partial charge in [0.2, 0.25) is 5.69 Å². The zero-order valence-electron chi connectivity index (χ0n) is 9.90. The number of halogens is 1. The lowest BCUT2D eigenvalue weighted by atomic mass is 10.2. The van der Waals surface area contributed by atoms with Gasteiger partial charge < -0.3 is 0 Å². The molecule has 0 spiro atoms. The fourth-order valence-electron chi connectivity index (χ4n) is 0.986. The fraction of sp³-hybridized carbons (Fsp3) is 0.333. The van der Waals surface area contributed by atoms with Crippen molar-refractivity contribution in [1.82, 2.24) is 0 Å². The fourth-order valence-corrected chi connectivity index (χ4v) is 1.51. The second kappa shape index (κ2) is 5.19. The van der Waals surface area contributed by atoms with Gasteiger partial charge in [-0.25, -0.2) is 13.4 Å². The zero-order valence-corrected chi connectivity index (χ0v) is 10.7. The van der Waals surface area contributed by atoms with Crippen molar-refractivity contribution in [3.8, 4) is 0 Å². The molecule has 0 fully saturated rings.